The zero-order chi connectivity index (χ0) is 16.8. The fraction of sp³-hybridized carbons (Fsp3) is 0.579. The van der Waals surface area contributed by atoms with E-state index in [9.17, 15) is 9.59 Å². The van der Waals surface area contributed by atoms with Crippen LogP contribution in [0.1, 0.15) is 57.4 Å². The number of hydrogen-bond acceptors (Lipinski definition) is 4. The average Bonchev–Trinajstić information content (AvgIpc) is 2.57. The molecule has 0 heterocycles. The summed E-state index contributed by atoms with van der Waals surface area (Å²) in [5.41, 5.74) is 1.26. The van der Waals surface area contributed by atoms with Crippen LogP contribution < -0.4 is 0 Å². The summed E-state index contributed by atoms with van der Waals surface area (Å²) in [7, 11) is 0. The first kappa shape index (κ1) is 19.2. The molecule has 1 aromatic rings. The molecule has 0 saturated carbocycles. The van der Waals surface area contributed by atoms with Gasteiger partial charge in [0.25, 0.3) is 0 Å². The van der Waals surface area contributed by atoms with Crippen LogP contribution in [-0.4, -0.2) is 25.2 Å². The molecule has 4 heteroatoms. The smallest absolute Gasteiger partial charge is 0.305 e. The fourth-order valence-corrected chi connectivity index (χ4v) is 2.18. The highest BCUT2D eigenvalue weighted by atomic mass is 16.5. The van der Waals surface area contributed by atoms with Gasteiger partial charge < -0.3 is 9.47 Å². The minimum Gasteiger partial charge on any atom is -0.466 e. The lowest BCUT2D eigenvalue weighted by atomic mass is 10.1. The van der Waals surface area contributed by atoms with Crippen molar-refractivity contribution in [2.75, 3.05) is 13.2 Å². The first-order valence-corrected chi connectivity index (χ1v) is 8.57. The number of benzene rings is 1. The van der Waals surface area contributed by atoms with Crippen molar-refractivity contribution in [3.63, 3.8) is 0 Å². The van der Waals surface area contributed by atoms with Gasteiger partial charge in [-0.25, -0.2) is 0 Å². The average molecular weight is 320 g/mol. The van der Waals surface area contributed by atoms with E-state index in [2.05, 4.69) is 12.1 Å². The maximum atomic E-state index is 11.6. The molecule has 4 nitrogen and oxygen atoms in total. The predicted molar refractivity (Wildman–Crippen MR) is 90.1 cm³/mol. The molecule has 1 aromatic carbocycles. The summed E-state index contributed by atoms with van der Waals surface area (Å²) in [5.74, 6) is -0.290. The molecule has 128 valence electrons. The molecular formula is C19H28O4. The quantitative estimate of drug-likeness (QED) is 0.430. The number of unbranched alkanes of at least 4 members (excludes halogenated alkanes) is 2. The highest BCUT2D eigenvalue weighted by Crippen LogP contribution is 2.06. The molecule has 1 rings (SSSR count). The third kappa shape index (κ3) is 10.5. The number of carbonyl (C=O) groups excluding carboxylic acids is 2. The molecule has 0 saturated heterocycles. The van der Waals surface area contributed by atoms with E-state index >= 15 is 0 Å². The van der Waals surface area contributed by atoms with Crippen LogP contribution in [0.25, 0.3) is 0 Å². The molecule has 0 aromatic heterocycles. The van der Waals surface area contributed by atoms with Gasteiger partial charge in [-0.15, -0.1) is 0 Å². The lowest BCUT2D eigenvalue weighted by Crippen LogP contribution is -2.07. The van der Waals surface area contributed by atoms with Gasteiger partial charge in [-0.1, -0.05) is 43.7 Å². The summed E-state index contributed by atoms with van der Waals surface area (Å²) >= 11 is 0. The van der Waals surface area contributed by atoms with E-state index in [0.29, 0.717) is 26.1 Å². The van der Waals surface area contributed by atoms with Crippen molar-refractivity contribution in [1.29, 1.82) is 0 Å². The van der Waals surface area contributed by atoms with Gasteiger partial charge in [-0.2, -0.15) is 0 Å². The largest absolute Gasteiger partial charge is 0.466 e. The van der Waals surface area contributed by atoms with E-state index in [1.807, 2.05) is 25.1 Å². The van der Waals surface area contributed by atoms with Gasteiger partial charge in [0.2, 0.25) is 0 Å². The minimum absolute atomic E-state index is 0.143. The van der Waals surface area contributed by atoms with E-state index in [1.54, 1.807) is 0 Å². The van der Waals surface area contributed by atoms with Gasteiger partial charge in [-0.05, 0) is 37.7 Å². The summed E-state index contributed by atoms with van der Waals surface area (Å²) < 4.78 is 10.2. The van der Waals surface area contributed by atoms with Crippen LogP contribution in [0.5, 0.6) is 0 Å². The Morgan fingerprint density at radius 1 is 0.826 bits per heavy atom. The molecular weight excluding hydrogens is 292 g/mol. The second kappa shape index (κ2) is 12.7. The maximum absolute atomic E-state index is 11.6. The molecule has 0 amide bonds. The SMILES string of the molecule is CCCOC(=O)CCCCCC(=O)OCCCc1ccccc1. The molecule has 0 aliphatic heterocycles. The molecule has 0 bridgehead atoms. The number of esters is 2. The maximum Gasteiger partial charge on any atom is 0.305 e. The summed E-state index contributed by atoms with van der Waals surface area (Å²) in [6.45, 7) is 2.93. The first-order valence-electron chi connectivity index (χ1n) is 8.57. The van der Waals surface area contributed by atoms with Crippen molar-refractivity contribution in [1.82, 2.24) is 0 Å². The van der Waals surface area contributed by atoms with Gasteiger partial charge in [0.15, 0.2) is 0 Å². The Hall–Kier alpha value is -1.84. The molecule has 0 aliphatic rings. The topological polar surface area (TPSA) is 52.6 Å². The van der Waals surface area contributed by atoms with Crippen LogP contribution in [0.3, 0.4) is 0 Å². The Kier molecular flexibility index (Phi) is 10.6. The predicted octanol–water partition coefficient (Wildman–Crippen LogP) is 4.07. The lowest BCUT2D eigenvalue weighted by Gasteiger charge is -2.05. The van der Waals surface area contributed by atoms with Crippen LogP contribution in [0, 0.1) is 0 Å². The van der Waals surface area contributed by atoms with E-state index in [4.69, 9.17) is 9.47 Å². The second-order valence-electron chi connectivity index (χ2n) is 5.59. The van der Waals surface area contributed by atoms with Crippen molar-refractivity contribution in [3.8, 4) is 0 Å². The fourth-order valence-electron chi connectivity index (χ4n) is 2.18. The van der Waals surface area contributed by atoms with Crippen molar-refractivity contribution >= 4 is 11.9 Å². The number of ether oxygens (including phenoxy) is 2. The molecule has 23 heavy (non-hydrogen) atoms. The van der Waals surface area contributed by atoms with Crippen molar-refractivity contribution in [2.45, 2.75) is 58.3 Å². The standard InChI is InChI=1S/C19H28O4/c1-2-15-22-18(20)13-7-4-8-14-19(21)23-16-9-12-17-10-5-3-6-11-17/h3,5-6,10-11H,2,4,7-9,12-16H2,1H3. The molecule has 0 atom stereocenters. The lowest BCUT2D eigenvalue weighted by molar-refractivity contribution is -0.144. The minimum atomic E-state index is -0.147. The number of hydrogen-bond donors (Lipinski definition) is 0. The molecule has 0 N–H and O–H groups in total. The van der Waals surface area contributed by atoms with Crippen molar-refractivity contribution in [2.24, 2.45) is 0 Å². The molecule has 0 radical (unpaired) electrons. The number of rotatable bonds is 12. The molecule has 0 unspecified atom stereocenters. The third-order valence-corrected chi connectivity index (χ3v) is 3.44. The highest BCUT2D eigenvalue weighted by Gasteiger charge is 2.05. The normalized spacial score (nSPS) is 10.3. The van der Waals surface area contributed by atoms with E-state index in [0.717, 1.165) is 38.5 Å². The van der Waals surface area contributed by atoms with Gasteiger partial charge in [-0.3, -0.25) is 9.59 Å². The number of carbonyl (C=O) groups is 2. The third-order valence-electron chi connectivity index (χ3n) is 3.44. The van der Waals surface area contributed by atoms with Crippen molar-refractivity contribution < 1.29 is 19.1 Å². The van der Waals surface area contributed by atoms with E-state index < -0.39 is 0 Å². The van der Waals surface area contributed by atoms with Crippen LogP contribution >= 0.6 is 0 Å². The van der Waals surface area contributed by atoms with Gasteiger partial charge in [0.05, 0.1) is 13.2 Å². The number of aryl methyl sites for hydroxylation is 1. The van der Waals surface area contributed by atoms with Crippen LogP contribution in [0.15, 0.2) is 30.3 Å². The highest BCUT2D eigenvalue weighted by molar-refractivity contribution is 5.69. The Morgan fingerprint density at radius 3 is 2.04 bits per heavy atom. The Bertz CT molecular complexity index is 442. The van der Waals surface area contributed by atoms with E-state index in [-0.39, 0.29) is 11.9 Å². The molecule has 0 aliphatic carbocycles. The molecule has 0 fully saturated rings. The van der Waals surface area contributed by atoms with Gasteiger partial charge in [0, 0.05) is 12.8 Å². The van der Waals surface area contributed by atoms with Gasteiger partial charge in [0.1, 0.15) is 0 Å². The Morgan fingerprint density at radius 2 is 1.43 bits per heavy atom. The monoisotopic (exact) mass is 320 g/mol. The van der Waals surface area contributed by atoms with Crippen LogP contribution in [-0.2, 0) is 25.5 Å². The summed E-state index contributed by atoms with van der Waals surface area (Å²) in [5, 5.41) is 0. The van der Waals surface area contributed by atoms with Crippen LogP contribution in [0.2, 0.25) is 0 Å². The van der Waals surface area contributed by atoms with Gasteiger partial charge >= 0.3 is 11.9 Å². The summed E-state index contributed by atoms with van der Waals surface area (Å²) in [6.07, 6.45) is 5.86. The zero-order valence-corrected chi connectivity index (χ0v) is 14.1. The Balaban J connectivity index is 1.93. The van der Waals surface area contributed by atoms with Crippen LogP contribution in [0.4, 0.5) is 0 Å². The second-order valence-corrected chi connectivity index (χ2v) is 5.59. The van der Waals surface area contributed by atoms with E-state index in [1.165, 1.54) is 5.56 Å². The first-order chi connectivity index (χ1) is 11.2. The molecule has 0 spiro atoms. The summed E-state index contributed by atoms with van der Waals surface area (Å²) in [4.78, 5) is 22.9. The zero-order valence-electron chi connectivity index (χ0n) is 14.1. The van der Waals surface area contributed by atoms with Crippen molar-refractivity contribution in [3.05, 3.63) is 35.9 Å². The Labute approximate surface area is 139 Å². The summed E-state index contributed by atoms with van der Waals surface area (Å²) in [6, 6.07) is 10.2.